The van der Waals surface area contributed by atoms with Crippen LogP contribution in [0.4, 0.5) is 5.69 Å². The summed E-state index contributed by atoms with van der Waals surface area (Å²) in [7, 11) is -2.93. The summed E-state index contributed by atoms with van der Waals surface area (Å²) >= 11 is 0. The summed E-state index contributed by atoms with van der Waals surface area (Å²) in [6.45, 7) is 12.1. The van der Waals surface area contributed by atoms with Crippen LogP contribution in [0.1, 0.15) is 109 Å². The highest BCUT2D eigenvalue weighted by Gasteiger charge is 2.51. The molecule has 4 aromatic rings. The largest absolute Gasteiger partial charge is 0.398 e. The zero-order chi connectivity index (χ0) is 46.8. The molecule has 0 spiro atoms. The lowest BCUT2D eigenvalue weighted by atomic mass is 9.94. The standard InChI is InChI=1S/C52H65N5O7Si/c1-7-52(6)50(63)55-43(35-37-30-32-38(33-31-37)46(59)53-39-21-12-8-13-22-39)49(62)57-34-20-28-44(57)48(61)54-42(47(60)56-52)27-18-11-19-29-45(58)36(2)64-65(51(3,4)5,40-23-14-9-15-24-40)41-25-16-10-17-26-41/h8-10,12-17,21-26,30-33,36,42-44H,7,11,18-20,27-29,34-35H2,1-6H3,(H,53,59)(H,54,61)(H,55,63)(H,56,60)/t36-,42+,43+,44-,52+/m1/s1. The first kappa shape index (κ1) is 48.5. The van der Waals surface area contributed by atoms with Gasteiger partial charge in [0.05, 0.1) is 0 Å². The maximum atomic E-state index is 14.3. The van der Waals surface area contributed by atoms with Crippen molar-refractivity contribution in [1.82, 2.24) is 20.9 Å². The Labute approximate surface area is 384 Å². The van der Waals surface area contributed by atoms with Crippen LogP contribution < -0.4 is 31.6 Å². The lowest BCUT2D eigenvalue weighted by Gasteiger charge is -2.44. The van der Waals surface area contributed by atoms with E-state index in [1.807, 2.05) is 61.5 Å². The quantitative estimate of drug-likeness (QED) is 0.0767. The second kappa shape index (κ2) is 21.4. The number of benzene rings is 4. The third kappa shape index (κ3) is 11.5. The second-order valence-electron chi connectivity index (χ2n) is 18.7. The van der Waals surface area contributed by atoms with Crippen LogP contribution >= 0.6 is 0 Å². The van der Waals surface area contributed by atoms with E-state index in [-0.39, 0.29) is 41.9 Å². The number of ketones is 1. The Hall–Kier alpha value is -5.92. The average molecular weight is 900 g/mol. The molecule has 0 unspecified atom stereocenters. The molecule has 65 heavy (non-hydrogen) atoms. The molecular formula is C52H65N5O7Si. The Balaban J connectivity index is 1.10. The first-order valence-corrected chi connectivity index (χ1v) is 25.0. The molecule has 0 radical (unpaired) electrons. The van der Waals surface area contributed by atoms with Crippen LogP contribution in [0.2, 0.25) is 5.04 Å². The molecule has 4 N–H and O–H groups in total. The van der Waals surface area contributed by atoms with E-state index < -0.39 is 55.8 Å². The molecule has 2 aliphatic heterocycles. The number of para-hydroxylation sites is 1. The van der Waals surface area contributed by atoms with E-state index in [9.17, 15) is 28.8 Å². The van der Waals surface area contributed by atoms with Crippen LogP contribution in [-0.2, 0) is 34.8 Å². The van der Waals surface area contributed by atoms with Crippen molar-refractivity contribution in [3.8, 4) is 0 Å². The molecule has 2 saturated heterocycles. The number of carbonyl (C=O) groups is 6. The predicted molar refractivity (Wildman–Crippen MR) is 256 cm³/mol. The summed E-state index contributed by atoms with van der Waals surface area (Å²) in [5.41, 5.74) is 0.406. The zero-order valence-electron chi connectivity index (χ0n) is 38.7. The maximum Gasteiger partial charge on any atom is 0.262 e. The molecule has 4 aromatic carbocycles. The Morgan fingerprint density at radius 2 is 1.40 bits per heavy atom. The van der Waals surface area contributed by atoms with E-state index in [2.05, 4.69) is 66.3 Å². The summed E-state index contributed by atoms with van der Waals surface area (Å²) in [4.78, 5) is 84.6. The van der Waals surface area contributed by atoms with Gasteiger partial charge >= 0.3 is 0 Å². The van der Waals surface area contributed by atoms with E-state index >= 15 is 0 Å². The van der Waals surface area contributed by atoms with E-state index in [0.29, 0.717) is 61.9 Å². The Morgan fingerprint density at radius 1 is 0.800 bits per heavy atom. The molecule has 0 aliphatic carbocycles. The SMILES string of the molecule is CC[C@]1(C)NC(=O)[C@H](CCCCCC(=O)[C@@H](C)O[Si](c2ccccc2)(c2ccccc2)C(C)(C)C)NC(=O)[C@H]2CCCN2C(=O)[C@H](Cc2ccc(C(=O)Nc3ccccc3)cc2)NC1=O. The number of nitrogens with one attached hydrogen (secondary N) is 4. The molecule has 13 heteroatoms. The van der Waals surface area contributed by atoms with E-state index in [1.54, 1.807) is 50.2 Å². The lowest BCUT2D eigenvalue weighted by molar-refractivity contribution is -0.144. The van der Waals surface area contributed by atoms with Crippen molar-refractivity contribution in [3.05, 3.63) is 126 Å². The van der Waals surface area contributed by atoms with Crippen molar-refractivity contribution in [1.29, 1.82) is 0 Å². The summed E-state index contributed by atoms with van der Waals surface area (Å²) < 4.78 is 7.04. The predicted octanol–water partition coefficient (Wildman–Crippen LogP) is 6.23. The normalized spacial score (nSPS) is 21.2. The van der Waals surface area contributed by atoms with E-state index in [1.165, 1.54) is 4.90 Å². The van der Waals surface area contributed by atoms with Crippen molar-refractivity contribution < 1.29 is 33.2 Å². The monoisotopic (exact) mass is 899 g/mol. The minimum Gasteiger partial charge on any atom is -0.398 e. The number of hydrogen-bond donors (Lipinski definition) is 4. The number of carbonyl (C=O) groups excluding carboxylic acids is 6. The summed E-state index contributed by atoms with van der Waals surface area (Å²) in [5.74, 6) is -2.08. The van der Waals surface area contributed by atoms with Gasteiger partial charge in [-0.1, -0.05) is 132 Å². The lowest BCUT2D eigenvalue weighted by Crippen LogP contribution is -2.68. The average Bonchev–Trinajstić information content (AvgIpc) is 3.80. The molecule has 5 atom stereocenters. The fraction of sp³-hybridized carbons (Fsp3) is 0.423. The Morgan fingerprint density at radius 3 is 1.98 bits per heavy atom. The van der Waals surface area contributed by atoms with Crippen molar-refractivity contribution in [2.75, 3.05) is 11.9 Å². The fourth-order valence-corrected chi connectivity index (χ4v) is 13.7. The number of hydrogen-bond acceptors (Lipinski definition) is 7. The Kier molecular flexibility index (Phi) is 16.0. The molecule has 5 amide bonds. The van der Waals surface area contributed by atoms with Crippen LogP contribution in [0.25, 0.3) is 0 Å². The highest BCUT2D eigenvalue weighted by molar-refractivity contribution is 6.99. The third-order valence-corrected chi connectivity index (χ3v) is 18.1. The highest BCUT2D eigenvalue weighted by Crippen LogP contribution is 2.38. The van der Waals surface area contributed by atoms with Crippen LogP contribution in [0, 0.1) is 0 Å². The Bertz CT molecular complexity index is 2250. The van der Waals surface area contributed by atoms with Gasteiger partial charge in [0.2, 0.25) is 23.6 Å². The van der Waals surface area contributed by atoms with Gasteiger partial charge in [0.25, 0.3) is 14.2 Å². The minimum absolute atomic E-state index is 0.00677. The molecule has 344 valence electrons. The molecule has 0 bridgehead atoms. The highest BCUT2D eigenvalue weighted by atomic mass is 28.4. The van der Waals surface area contributed by atoms with Crippen molar-refractivity contribution in [2.24, 2.45) is 0 Å². The smallest absolute Gasteiger partial charge is 0.262 e. The molecule has 2 fully saturated rings. The van der Waals surface area contributed by atoms with Gasteiger partial charge in [-0.05, 0) is 91.2 Å². The number of unbranched alkanes of at least 4 members (excludes halogenated alkanes) is 2. The summed E-state index contributed by atoms with van der Waals surface area (Å²) in [6, 6.07) is 33.6. The molecule has 12 nitrogen and oxygen atoms in total. The zero-order valence-corrected chi connectivity index (χ0v) is 39.7. The van der Waals surface area contributed by atoms with Gasteiger partial charge in [0.15, 0.2) is 5.78 Å². The topological polar surface area (TPSA) is 163 Å². The number of nitrogens with zero attached hydrogens (tertiary/aromatic N) is 1. The van der Waals surface area contributed by atoms with Crippen LogP contribution in [0.5, 0.6) is 0 Å². The van der Waals surface area contributed by atoms with E-state index in [4.69, 9.17) is 4.43 Å². The van der Waals surface area contributed by atoms with Gasteiger partial charge in [0.1, 0.15) is 29.8 Å². The number of amides is 5. The van der Waals surface area contributed by atoms with Gasteiger partial charge in [-0.25, -0.2) is 0 Å². The van der Waals surface area contributed by atoms with Gasteiger partial charge in [-0.2, -0.15) is 0 Å². The molecule has 0 aromatic heterocycles. The van der Waals surface area contributed by atoms with Crippen LogP contribution in [-0.4, -0.2) is 84.8 Å². The van der Waals surface area contributed by atoms with Crippen LogP contribution in [0.3, 0.4) is 0 Å². The fourth-order valence-electron chi connectivity index (χ4n) is 9.02. The minimum atomic E-state index is -2.93. The van der Waals surface area contributed by atoms with Crippen LogP contribution in [0.15, 0.2) is 115 Å². The van der Waals surface area contributed by atoms with Gasteiger partial charge < -0.3 is 30.6 Å². The maximum absolute atomic E-state index is 14.3. The third-order valence-electron chi connectivity index (χ3n) is 13.0. The molecular weight excluding hydrogens is 835 g/mol. The van der Waals surface area contributed by atoms with Gasteiger partial charge in [-0.3, -0.25) is 28.8 Å². The number of anilines is 1. The summed E-state index contributed by atoms with van der Waals surface area (Å²) in [6.07, 6.45) is 3.00. The van der Waals surface area contributed by atoms with Crippen molar-refractivity contribution in [3.63, 3.8) is 0 Å². The van der Waals surface area contributed by atoms with Crippen molar-refractivity contribution in [2.45, 2.75) is 134 Å². The first-order chi connectivity index (χ1) is 31.1. The number of Topliss-reactive ketones (excluding diaryl/α,β-unsaturated/α-hetero) is 1. The summed E-state index contributed by atoms with van der Waals surface area (Å²) in [5, 5.41) is 13.6. The van der Waals surface area contributed by atoms with E-state index in [0.717, 1.165) is 10.4 Å². The molecule has 2 heterocycles. The first-order valence-electron chi connectivity index (χ1n) is 23.1. The van der Waals surface area contributed by atoms with Gasteiger partial charge in [0, 0.05) is 30.6 Å². The second-order valence-corrected chi connectivity index (χ2v) is 22.9. The molecule has 0 saturated carbocycles. The van der Waals surface area contributed by atoms with Crippen molar-refractivity contribution >= 4 is 59.7 Å². The number of fused-ring (bicyclic) bond motifs is 1. The van der Waals surface area contributed by atoms with Gasteiger partial charge in [-0.15, -0.1) is 0 Å². The molecule has 2 aliphatic rings. The molecule has 6 rings (SSSR count). The number of rotatable bonds is 16.